The third-order valence-corrected chi connectivity index (χ3v) is 0.603. The summed E-state index contributed by atoms with van der Waals surface area (Å²) in [6.07, 6.45) is 0. The molecule has 60 valence electrons. The van der Waals surface area contributed by atoms with Crippen LogP contribution in [0.1, 0.15) is 6.92 Å². The van der Waals surface area contributed by atoms with E-state index in [0.717, 1.165) is 0 Å². The summed E-state index contributed by atoms with van der Waals surface area (Å²) in [4.78, 5) is 10.1. The van der Waals surface area contributed by atoms with E-state index < -0.39 is 12.8 Å². The first kappa shape index (κ1) is 9.35. The van der Waals surface area contributed by atoms with Crippen LogP contribution in [0, 0.1) is 0 Å². The van der Waals surface area contributed by atoms with Gasteiger partial charge in [0.2, 0.25) is 0 Å². The lowest BCUT2D eigenvalue weighted by molar-refractivity contribution is -0.174. The molecule has 0 radical (unpaired) electrons. The number of aliphatic hydroxyl groups excluding tert-OH is 1. The largest absolute Gasteiger partial charge is 0.439 e. The minimum Gasteiger partial charge on any atom is -0.439 e. The Hall–Kier alpha value is -0.650. The van der Waals surface area contributed by atoms with Crippen molar-refractivity contribution in [3.63, 3.8) is 0 Å². The van der Waals surface area contributed by atoms with Gasteiger partial charge in [0.15, 0.2) is 13.6 Å². The first-order valence-corrected chi connectivity index (χ1v) is 2.67. The Morgan fingerprint density at radius 2 is 2.10 bits per heavy atom. The van der Waals surface area contributed by atoms with Crippen LogP contribution in [-0.2, 0) is 19.0 Å². The van der Waals surface area contributed by atoms with Crippen LogP contribution in [0.25, 0.3) is 0 Å². The average Bonchev–Trinajstić information content (AvgIpc) is 1.87. The van der Waals surface area contributed by atoms with Crippen molar-refractivity contribution >= 4 is 5.97 Å². The molecule has 0 spiro atoms. The lowest BCUT2D eigenvalue weighted by atomic mass is 10.8. The fourth-order valence-electron chi connectivity index (χ4n) is 0.255. The molecule has 0 heterocycles. The Morgan fingerprint density at radius 3 is 2.60 bits per heavy atom. The van der Waals surface area contributed by atoms with Crippen molar-refractivity contribution in [1.82, 2.24) is 0 Å². The average molecular weight is 150 g/mol. The molecule has 5 heteroatoms. The molecule has 0 aromatic rings. The van der Waals surface area contributed by atoms with Crippen molar-refractivity contribution in [2.24, 2.45) is 0 Å². The minimum atomic E-state index is -0.413. The van der Waals surface area contributed by atoms with Crippen molar-refractivity contribution < 1.29 is 24.1 Å². The predicted octanol–water partition coefficient (Wildman–Crippen LogP) is -0.552. The summed E-state index contributed by atoms with van der Waals surface area (Å²) in [6.45, 7) is 0.648. The molecule has 5 nitrogen and oxygen atoms in total. The molecular weight excluding hydrogens is 140 g/mol. The molecule has 0 aliphatic rings. The molecular formula is C5H10O5. The van der Waals surface area contributed by atoms with Gasteiger partial charge in [-0.3, -0.25) is 4.79 Å². The van der Waals surface area contributed by atoms with Gasteiger partial charge in [-0.1, -0.05) is 0 Å². The van der Waals surface area contributed by atoms with Crippen molar-refractivity contribution in [2.75, 3.05) is 20.4 Å². The normalized spacial score (nSPS) is 9.40. The first-order chi connectivity index (χ1) is 4.77. The number of carbonyl (C=O) groups is 1. The van der Waals surface area contributed by atoms with Crippen LogP contribution in [0.3, 0.4) is 0 Å². The first-order valence-electron chi connectivity index (χ1n) is 2.67. The molecule has 0 saturated heterocycles. The maximum atomic E-state index is 10.1. The van der Waals surface area contributed by atoms with Crippen LogP contribution in [0.4, 0.5) is 0 Å². The Morgan fingerprint density at radius 1 is 1.40 bits per heavy atom. The molecule has 0 atom stereocenters. The van der Waals surface area contributed by atoms with Crippen molar-refractivity contribution in [2.45, 2.75) is 6.92 Å². The molecule has 10 heavy (non-hydrogen) atoms. The summed E-state index contributed by atoms with van der Waals surface area (Å²) >= 11 is 0. The van der Waals surface area contributed by atoms with Crippen molar-refractivity contribution in [3.8, 4) is 0 Å². The summed E-state index contributed by atoms with van der Waals surface area (Å²) in [5.74, 6) is -0.413. The predicted molar refractivity (Wildman–Crippen MR) is 30.8 cm³/mol. The van der Waals surface area contributed by atoms with E-state index in [-0.39, 0.29) is 13.6 Å². The van der Waals surface area contributed by atoms with Crippen LogP contribution >= 0.6 is 0 Å². The second-order valence-corrected chi connectivity index (χ2v) is 1.41. The Labute approximate surface area is 58.5 Å². The summed E-state index contributed by atoms with van der Waals surface area (Å²) < 4.78 is 13.3. The lowest BCUT2D eigenvalue weighted by Crippen LogP contribution is -2.07. The van der Waals surface area contributed by atoms with Crippen molar-refractivity contribution in [1.29, 1.82) is 0 Å². The standard InChI is InChI=1S/C5H10O5/c1-5(7)10-4-9-3-8-2-6/h6H,2-4H2,1H3. The van der Waals surface area contributed by atoms with Gasteiger partial charge in [-0.25, -0.2) is 0 Å². The van der Waals surface area contributed by atoms with Gasteiger partial charge >= 0.3 is 5.97 Å². The van der Waals surface area contributed by atoms with Crippen molar-refractivity contribution in [3.05, 3.63) is 0 Å². The molecule has 1 N–H and O–H groups in total. The number of hydrogen-bond acceptors (Lipinski definition) is 5. The van der Waals surface area contributed by atoms with Crippen LogP contribution < -0.4 is 0 Å². The molecule has 0 amide bonds. The van der Waals surface area contributed by atoms with Gasteiger partial charge in [-0.15, -0.1) is 0 Å². The number of hydrogen-bond donors (Lipinski definition) is 1. The number of rotatable bonds is 5. The number of esters is 1. The van der Waals surface area contributed by atoms with Gasteiger partial charge in [0.05, 0.1) is 0 Å². The van der Waals surface area contributed by atoms with E-state index in [2.05, 4.69) is 14.2 Å². The molecule has 0 fully saturated rings. The second-order valence-electron chi connectivity index (χ2n) is 1.41. The fraction of sp³-hybridized carbons (Fsp3) is 0.800. The molecule has 0 aliphatic carbocycles. The topological polar surface area (TPSA) is 65.0 Å². The highest BCUT2D eigenvalue weighted by atomic mass is 16.8. The quantitative estimate of drug-likeness (QED) is 0.323. The van der Waals surface area contributed by atoms with E-state index in [4.69, 9.17) is 5.11 Å². The summed E-state index contributed by atoms with van der Waals surface area (Å²) in [6, 6.07) is 0. The van der Waals surface area contributed by atoms with Gasteiger partial charge in [0.1, 0.15) is 6.79 Å². The molecule has 0 saturated carbocycles. The Bertz CT molecular complexity index is 92.0. The van der Waals surface area contributed by atoms with Gasteiger partial charge in [0.25, 0.3) is 0 Å². The summed E-state index contributed by atoms with van der Waals surface area (Å²) in [5.41, 5.74) is 0. The molecule has 0 bridgehead atoms. The van der Waals surface area contributed by atoms with E-state index in [1.54, 1.807) is 0 Å². The van der Waals surface area contributed by atoms with Crippen LogP contribution in [0.5, 0.6) is 0 Å². The Balaban J connectivity index is 2.84. The Kier molecular flexibility index (Phi) is 6.05. The molecule has 0 rings (SSSR count). The highest BCUT2D eigenvalue weighted by Gasteiger charge is 1.90. The van der Waals surface area contributed by atoms with E-state index in [1.165, 1.54) is 6.92 Å². The van der Waals surface area contributed by atoms with Gasteiger partial charge < -0.3 is 19.3 Å². The van der Waals surface area contributed by atoms with Gasteiger partial charge in [-0.2, -0.15) is 0 Å². The zero-order chi connectivity index (χ0) is 7.82. The van der Waals surface area contributed by atoms with Gasteiger partial charge in [0, 0.05) is 6.92 Å². The molecule has 0 aromatic carbocycles. The number of carbonyl (C=O) groups excluding carboxylic acids is 1. The third-order valence-electron chi connectivity index (χ3n) is 0.603. The molecule has 0 unspecified atom stereocenters. The van der Waals surface area contributed by atoms with E-state index in [9.17, 15) is 4.79 Å². The second kappa shape index (κ2) is 6.47. The maximum absolute atomic E-state index is 10.1. The fourth-order valence-corrected chi connectivity index (χ4v) is 0.255. The monoisotopic (exact) mass is 150 g/mol. The van der Waals surface area contributed by atoms with E-state index in [1.807, 2.05) is 0 Å². The smallest absolute Gasteiger partial charge is 0.304 e. The number of ether oxygens (including phenoxy) is 3. The molecule has 0 aromatic heterocycles. The van der Waals surface area contributed by atoms with Crippen LogP contribution in [-0.4, -0.2) is 31.5 Å². The zero-order valence-corrected chi connectivity index (χ0v) is 5.70. The SMILES string of the molecule is CC(=O)OCOCOCO. The third kappa shape index (κ3) is 7.35. The summed E-state index contributed by atoms with van der Waals surface area (Å²) in [7, 11) is 0. The highest BCUT2D eigenvalue weighted by Crippen LogP contribution is 1.79. The number of aliphatic hydroxyl groups is 1. The minimum absolute atomic E-state index is 0.0796. The highest BCUT2D eigenvalue weighted by molar-refractivity contribution is 5.65. The van der Waals surface area contributed by atoms with Gasteiger partial charge in [-0.05, 0) is 0 Å². The van der Waals surface area contributed by atoms with E-state index in [0.29, 0.717) is 0 Å². The van der Waals surface area contributed by atoms with E-state index >= 15 is 0 Å². The van der Waals surface area contributed by atoms with Crippen LogP contribution in [0.15, 0.2) is 0 Å². The van der Waals surface area contributed by atoms with Crippen LogP contribution in [0.2, 0.25) is 0 Å². The lowest BCUT2D eigenvalue weighted by Gasteiger charge is -2.02. The summed E-state index contributed by atoms with van der Waals surface area (Å²) in [5, 5.41) is 8.06. The zero-order valence-electron chi connectivity index (χ0n) is 5.70. The molecule has 0 aliphatic heterocycles. The maximum Gasteiger partial charge on any atom is 0.304 e.